The summed E-state index contributed by atoms with van der Waals surface area (Å²) in [7, 11) is 0. The summed E-state index contributed by atoms with van der Waals surface area (Å²) in [5.74, 6) is -0.340. The molecule has 1 aliphatic rings. The van der Waals surface area contributed by atoms with Gasteiger partial charge in [0, 0.05) is 10.9 Å². The molecule has 0 amide bonds. The van der Waals surface area contributed by atoms with Crippen LogP contribution in [0.3, 0.4) is 0 Å². The van der Waals surface area contributed by atoms with Gasteiger partial charge in [0.15, 0.2) is 5.69 Å². The van der Waals surface area contributed by atoms with Gasteiger partial charge in [0.2, 0.25) is 0 Å². The predicted octanol–water partition coefficient (Wildman–Crippen LogP) is 4.14. The fraction of sp³-hybridized carbons (Fsp3) is 0.261. The van der Waals surface area contributed by atoms with Crippen molar-refractivity contribution in [3.8, 4) is 11.4 Å². The Morgan fingerprint density at radius 3 is 2.67 bits per heavy atom. The molecule has 2 aromatic carbocycles. The van der Waals surface area contributed by atoms with E-state index in [1.54, 1.807) is 24.3 Å². The number of hydrogen-bond donors (Lipinski definition) is 3. The van der Waals surface area contributed by atoms with E-state index in [0.717, 1.165) is 31.2 Å². The second-order valence-electron chi connectivity index (χ2n) is 7.77. The number of nitrogen functional groups attached to an aromatic ring is 1. The average Bonchev–Trinajstić information content (AvgIpc) is 3.09. The van der Waals surface area contributed by atoms with E-state index < -0.39 is 0 Å². The fourth-order valence-corrected chi connectivity index (χ4v) is 4.13. The van der Waals surface area contributed by atoms with E-state index in [-0.39, 0.29) is 23.3 Å². The van der Waals surface area contributed by atoms with E-state index in [0.29, 0.717) is 33.4 Å². The number of esters is 1. The van der Waals surface area contributed by atoms with Crippen LogP contribution in [0.15, 0.2) is 47.3 Å². The molecular formula is C23H22N4O3. The number of ether oxygens (including phenoxy) is 1. The van der Waals surface area contributed by atoms with Gasteiger partial charge in [-0.3, -0.25) is 4.79 Å². The summed E-state index contributed by atoms with van der Waals surface area (Å²) in [6.45, 7) is 0. The van der Waals surface area contributed by atoms with Gasteiger partial charge in [-0.1, -0.05) is 18.6 Å². The number of nitrogens with two attached hydrogens (primary N) is 1. The summed E-state index contributed by atoms with van der Waals surface area (Å²) in [5.41, 5.74) is 9.57. The number of carbonyl (C=O) groups excluding carboxylic acids is 1. The second-order valence-corrected chi connectivity index (χ2v) is 7.77. The Labute approximate surface area is 172 Å². The van der Waals surface area contributed by atoms with E-state index in [1.807, 2.05) is 18.2 Å². The maximum Gasteiger partial charge on any atom is 0.338 e. The van der Waals surface area contributed by atoms with Gasteiger partial charge in [-0.25, -0.2) is 9.78 Å². The number of carbonyl (C=O) groups is 1. The van der Waals surface area contributed by atoms with Gasteiger partial charge < -0.3 is 20.4 Å². The zero-order valence-corrected chi connectivity index (χ0v) is 16.4. The van der Waals surface area contributed by atoms with Crippen LogP contribution in [-0.2, 0) is 4.74 Å². The molecule has 0 spiro atoms. The van der Waals surface area contributed by atoms with Crippen LogP contribution < -0.4 is 11.3 Å². The van der Waals surface area contributed by atoms with Crippen LogP contribution in [0.2, 0.25) is 0 Å². The molecule has 4 aromatic rings. The molecule has 0 aliphatic heterocycles. The summed E-state index contributed by atoms with van der Waals surface area (Å²) in [5, 5.41) is 0.664. The lowest BCUT2D eigenvalue weighted by molar-refractivity contribution is 0.0211. The normalized spacial score (nSPS) is 14.9. The minimum Gasteiger partial charge on any atom is -0.459 e. The van der Waals surface area contributed by atoms with Gasteiger partial charge in [0.05, 0.1) is 28.0 Å². The molecule has 1 saturated carbocycles. The van der Waals surface area contributed by atoms with Crippen molar-refractivity contribution in [2.75, 3.05) is 5.73 Å². The first-order valence-corrected chi connectivity index (χ1v) is 10.2. The standard InChI is InChI=1S/C23H22N4O3/c24-19-15-12-13(23(29)30-14-6-2-1-3-7-14)10-11-16(15)25-20(19)21-22(28)27-18-9-5-4-8-17(18)26-21/h4-5,8-12,14,25H,1-3,6-7,24H2,(H,27,28). The Morgan fingerprint density at radius 1 is 1.03 bits per heavy atom. The van der Waals surface area contributed by atoms with Crippen molar-refractivity contribution in [1.82, 2.24) is 15.0 Å². The lowest BCUT2D eigenvalue weighted by atomic mass is 9.98. The Balaban J connectivity index is 1.52. The third kappa shape index (κ3) is 3.22. The Hall–Kier alpha value is -3.61. The lowest BCUT2D eigenvalue weighted by Gasteiger charge is -2.21. The monoisotopic (exact) mass is 402 g/mol. The Kier molecular flexibility index (Phi) is 4.50. The minimum atomic E-state index is -0.340. The number of fused-ring (bicyclic) bond motifs is 2. The SMILES string of the molecule is Nc1c(-c2nc3ccccc3[nH]c2=O)[nH]c2ccc(C(=O)OC3CCCCC3)cc12. The first-order valence-electron chi connectivity index (χ1n) is 10.2. The molecule has 1 fully saturated rings. The van der Waals surface area contributed by atoms with Gasteiger partial charge in [-0.05, 0) is 56.0 Å². The van der Waals surface area contributed by atoms with E-state index in [4.69, 9.17) is 10.5 Å². The fourth-order valence-electron chi connectivity index (χ4n) is 4.13. The number of H-pyrrole nitrogens is 2. The van der Waals surface area contributed by atoms with Crippen LogP contribution in [0.5, 0.6) is 0 Å². The number of para-hydroxylation sites is 2. The molecule has 0 radical (unpaired) electrons. The van der Waals surface area contributed by atoms with Crippen LogP contribution in [0.1, 0.15) is 42.5 Å². The molecule has 4 N–H and O–H groups in total. The zero-order valence-electron chi connectivity index (χ0n) is 16.4. The molecule has 7 nitrogen and oxygen atoms in total. The average molecular weight is 402 g/mol. The van der Waals surface area contributed by atoms with Crippen LogP contribution >= 0.6 is 0 Å². The van der Waals surface area contributed by atoms with E-state index >= 15 is 0 Å². The van der Waals surface area contributed by atoms with E-state index in [9.17, 15) is 9.59 Å². The maximum atomic E-state index is 12.6. The number of benzene rings is 2. The molecule has 0 unspecified atom stereocenters. The second kappa shape index (κ2) is 7.33. The molecule has 2 heterocycles. The molecule has 0 saturated heterocycles. The summed E-state index contributed by atoms with van der Waals surface area (Å²) < 4.78 is 5.67. The van der Waals surface area contributed by atoms with Crippen molar-refractivity contribution in [2.24, 2.45) is 0 Å². The first-order chi connectivity index (χ1) is 14.6. The Morgan fingerprint density at radius 2 is 1.83 bits per heavy atom. The van der Waals surface area contributed by atoms with Crippen molar-refractivity contribution in [2.45, 2.75) is 38.2 Å². The highest BCUT2D eigenvalue weighted by Gasteiger charge is 2.21. The van der Waals surface area contributed by atoms with Crippen molar-refractivity contribution in [3.63, 3.8) is 0 Å². The first kappa shape index (κ1) is 18.4. The number of nitrogens with zero attached hydrogens (tertiary/aromatic N) is 1. The van der Waals surface area contributed by atoms with Crippen LogP contribution in [0.4, 0.5) is 5.69 Å². The third-order valence-electron chi connectivity index (χ3n) is 5.74. The Bertz CT molecular complexity index is 1320. The van der Waals surface area contributed by atoms with Crippen LogP contribution in [0.25, 0.3) is 33.3 Å². The summed E-state index contributed by atoms with van der Waals surface area (Å²) in [6, 6.07) is 12.5. The quantitative estimate of drug-likeness (QED) is 0.446. The van der Waals surface area contributed by atoms with Crippen molar-refractivity contribution < 1.29 is 9.53 Å². The highest BCUT2D eigenvalue weighted by molar-refractivity contribution is 6.03. The smallest absolute Gasteiger partial charge is 0.338 e. The summed E-state index contributed by atoms with van der Waals surface area (Å²) in [6.07, 6.45) is 5.21. The minimum absolute atomic E-state index is 0.0126. The zero-order chi connectivity index (χ0) is 20.7. The number of aromatic nitrogens is 3. The highest BCUT2D eigenvalue weighted by atomic mass is 16.5. The highest BCUT2D eigenvalue weighted by Crippen LogP contribution is 2.32. The molecule has 30 heavy (non-hydrogen) atoms. The molecule has 152 valence electrons. The van der Waals surface area contributed by atoms with Gasteiger partial charge in [0.25, 0.3) is 5.56 Å². The number of anilines is 1. The largest absolute Gasteiger partial charge is 0.459 e. The van der Waals surface area contributed by atoms with Crippen molar-refractivity contribution in [1.29, 1.82) is 0 Å². The van der Waals surface area contributed by atoms with Crippen LogP contribution in [0, 0.1) is 0 Å². The van der Waals surface area contributed by atoms with Gasteiger partial charge in [-0.15, -0.1) is 0 Å². The molecule has 7 heteroatoms. The summed E-state index contributed by atoms with van der Waals surface area (Å²) >= 11 is 0. The molecule has 5 rings (SSSR count). The molecule has 0 bridgehead atoms. The van der Waals surface area contributed by atoms with Gasteiger partial charge in [-0.2, -0.15) is 0 Å². The number of nitrogens with one attached hydrogen (secondary N) is 2. The van der Waals surface area contributed by atoms with Crippen molar-refractivity contribution in [3.05, 3.63) is 58.4 Å². The van der Waals surface area contributed by atoms with E-state index in [1.165, 1.54) is 6.42 Å². The molecule has 0 atom stereocenters. The number of hydrogen-bond acceptors (Lipinski definition) is 5. The number of aromatic amines is 2. The summed E-state index contributed by atoms with van der Waals surface area (Å²) in [4.78, 5) is 35.7. The van der Waals surface area contributed by atoms with Gasteiger partial charge in [0.1, 0.15) is 6.10 Å². The maximum absolute atomic E-state index is 12.6. The van der Waals surface area contributed by atoms with E-state index in [2.05, 4.69) is 15.0 Å². The van der Waals surface area contributed by atoms with Gasteiger partial charge >= 0.3 is 5.97 Å². The predicted molar refractivity (Wildman–Crippen MR) is 116 cm³/mol. The van der Waals surface area contributed by atoms with Crippen molar-refractivity contribution >= 4 is 33.6 Å². The topological polar surface area (TPSA) is 114 Å². The third-order valence-corrected chi connectivity index (χ3v) is 5.74. The molecule has 1 aliphatic carbocycles. The lowest BCUT2D eigenvalue weighted by Crippen LogP contribution is -2.20. The van der Waals surface area contributed by atoms with Crippen LogP contribution in [-0.4, -0.2) is 27.0 Å². The molecular weight excluding hydrogens is 380 g/mol. The molecule has 2 aromatic heterocycles. The number of rotatable bonds is 3.